The zero-order valence-corrected chi connectivity index (χ0v) is 52.6. The molecule has 0 aromatic heterocycles. The van der Waals surface area contributed by atoms with E-state index in [2.05, 4.69) is 236 Å². The van der Waals surface area contributed by atoms with Crippen molar-refractivity contribution in [1.82, 2.24) is 0 Å². The van der Waals surface area contributed by atoms with E-state index in [4.69, 9.17) is 0 Å². The fourth-order valence-corrected chi connectivity index (χ4v) is 10.6. The Morgan fingerprint density at radius 3 is 0.824 bits per heavy atom. The zero-order chi connectivity index (χ0) is 50.2. The molecule has 8 aromatic rings. The van der Waals surface area contributed by atoms with Gasteiger partial charge in [-0.2, -0.15) is 12.1 Å². The van der Waals surface area contributed by atoms with Gasteiger partial charge in [-0.1, -0.05) is 276 Å². The van der Waals surface area contributed by atoms with Gasteiger partial charge in [-0.3, -0.25) is 0 Å². The van der Waals surface area contributed by atoms with E-state index in [0.29, 0.717) is 0 Å². The van der Waals surface area contributed by atoms with Crippen LogP contribution in [0.2, 0.25) is 0 Å². The van der Waals surface area contributed by atoms with Gasteiger partial charge in [0.15, 0.2) is 0 Å². The maximum atomic E-state index is 3.06. The Balaban J connectivity index is 0.000000295. The van der Waals surface area contributed by atoms with Crippen molar-refractivity contribution in [2.75, 3.05) is 0 Å². The average Bonchev–Trinajstić information content (AvgIpc) is 3.93. The second kappa shape index (κ2) is 25.6. The molecule has 0 spiro atoms. The third kappa shape index (κ3) is 14.4. The summed E-state index contributed by atoms with van der Waals surface area (Å²) < 4.78 is 0. The van der Waals surface area contributed by atoms with Gasteiger partial charge in [0.1, 0.15) is 0 Å². The molecule has 2 radical (unpaired) electrons. The Morgan fingerprint density at radius 2 is 0.608 bits per heavy atom. The van der Waals surface area contributed by atoms with Crippen LogP contribution in [0, 0.1) is 26.7 Å². The van der Waals surface area contributed by atoms with Gasteiger partial charge in [-0.25, -0.2) is 0 Å². The van der Waals surface area contributed by atoms with Gasteiger partial charge in [0.05, 0.1) is 0 Å². The molecule has 10 rings (SSSR count). The summed E-state index contributed by atoms with van der Waals surface area (Å²) in [5.74, 6) is 1.75. The Morgan fingerprint density at radius 1 is 0.378 bits per heavy atom. The molecule has 0 bridgehead atoms. The first-order valence-electron chi connectivity index (χ1n) is 26.3. The molecule has 8 aromatic carbocycles. The van der Waals surface area contributed by atoms with Crippen LogP contribution < -0.4 is 0 Å². The number of benzene rings is 6. The van der Waals surface area contributed by atoms with E-state index in [0.717, 1.165) is 11.8 Å². The minimum absolute atomic E-state index is 0. The van der Waals surface area contributed by atoms with E-state index in [1.165, 1.54) is 174 Å². The topological polar surface area (TPSA) is 0 Å². The standard InChI is InChI=1S/2C34H39.2CH3.2ClH.Si.Zr/c2*1-33(2,3)27-14-10-25(11-15-27)29-18-19-30(26-12-16-28(17-13-26)34(4,5)6)32-22-24(21-31(29)32)20-23-8-7-9-23;;;;;;/h2*10-19,21-23H,7-9,20H2,1-6H3;2*1H3;2*1H;;/q4*-1;;;;. The van der Waals surface area contributed by atoms with Crippen molar-refractivity contribution in [3.05, 3.63) is 194 Å². The van der Waals surface area contributed by atoms with Gasteiger partial charge in [0, 0.05) is 0 Å². The number of hydrogen-bond donors (Lipinski definition) is 0. The minimum atomic E-state index is 0. The van der Waals surface area contributed by atoms with E-state index < -0.39 is 0 Å². The van der Waals surface area contributed by atoms with Crippen LogP contribution in [0.15, 0.2) is 146 Å². The molecular weight excluding hydrogens is 1030 g/mol. The van der Waals surface area contributed by atoms with E-state index in [-0.39, 0.29) is 61.3 Å². The number of rotatable bonds is 8. The van der Waals surface area contributed by atoms with Crippen LogP contribution in [0.4, 0.5) is 0 Å². The van der Waals surface area contributed by atoms with Gasteiger partial charge in [-0.15, -0.1) is 69.6 Å². The van der Waals surface area contributed by atoms with Crippen LogP contribution in [-0.2, 0) is 57.8 Å². The summed E-state index contributed by atoms with van der Waals surface area (Å²) >= 11 is 1.36. The predicted molar refractivity (Wildman–Crippen MR) is 331 cm³/mol. The van der Waals surface area contributed by atoms with Crippen molar-refractivity contribution in [2.45, 2.75) is 156 Å². The third-order valence-electron chi connectivity index (χ3n) is 15.6. The summed E-state index contributed by atoms with van der Waals surface area (Å²) in [7, 11) is 0. The fraction of sp³-hybridized carbons (Fsp3) is 0.371. The molecule has 0 aliphatic heterocycles. The van der Waals surface area contributed by atoms with Gasteiger partial charge in [-0.05, 0) is 79.7 Å². The van der Waals surface area contributed by atoms with Gasteiger partial charge in [0.2, 0.25) is 0 Å². The molecular formula is C70H86Cl2SiZr-4. The maximum absolute atomic E-state index is 3.06. The van der Waals surface area contributed by atoms with Crippen molar-refractivity contribution in [1.29, 1.82) is 0 Å². The molecule has 0 unspecified atom stereocenters. The van der Waals surface area contributed by atoms with Crippen molar-refractivity contribution < 1.29 is 23.3 Å². The molecule has 0 amide bonds. The monoisotopic (exact) mass is 1110 g/mol. The molecule has 0 heterocycles. The van der Waals surface area contributed by atoms with Gasteiger partial charge < -0.3 is 14.9 Å². The molecule has 4 heteroatoms. The Hall–Kier alpha value is -3.78. The summed E-state index contributed by atoms with van der Waals surface area (Å²) in [4.78, 5) is 0. The van der Waals surface area contributed by atoms with Gasteiger partial charge in [0.25, 0.3) is 0 Å². The second-order valence-electron chi connectivity index (χ2n) is 25.0. The zero-order valence-electron chi connectivity index (χ0n) is 47.5. The van der Waals surface area contributed by atoms with E-state index >= 15 is 0 Å². The molecule has 0 atom stereocenters. The van der Waals surface area contributed by atoms with Gasteiger partial charge >= 0.3 is 30.2 Å². The van der Waals surface area contributed by atoms with E-state index in [1.807, 2.05) is 0 Å². The molecule has 0 N–H and O–H groups in total. The number of halogens is 2. The first-order chi connectivity index (χ1) is 33.2. The SMILES string of the molecule is CC(C)(C)c1ccc(-c2ccc(-c3ccc(C(C)(C)C)cc3)c3[cH-]c(CC4CCC4)cc23)cc1.CC(C)(C)c1ccc(-c2ccc(-c3ccc(C(C)(C)C)cc3)c3[cH-]c(CC4CCC4)cc23)cc1.Cl.Cl.[CH3-].[CH3-].[Si]=[Zr]. The summed E-state index contributed by atoms with van der Waals surface area (Å²) in [6.45, 7) is 30.4. The molecule has 2 saturated carbocycles. The Labute approximate surface area is 479 Å². The molecule has 392 valence electrons. The first kappa shape index (κ1) is 62.8. The van der Waals surface area contributed by atoms with Crippen LogP contribution in [-0.4, -0.2) is 6.88 Å². The quantitative estimate of drug-likeness (QED) is 0.105. The first-order valence-corrected chi connectivity index (χ1v) is 30.5. The van der Waals surface area contributed by atoms with Crippen LogP contribution in [0.1, 0.15) is 155 Å². The van der Waals surface area contributed by atoms with Crippen LogP contribution in [0.25, 0.3) is 66.1 Å². The number of fused-ring (bicyclic) bond motifs is 2. The molecule has 2 aliphatic rings. The van der Waals surface area contributed by atoms with Crippen LogP contribution in [0.5, 0.6) is 0 Å². The third-order valence-corrected chi connectivity index (χ3v) is 15.6. The van der Waals surface area contributed by atoms with E-state index in [9.17, 15) is 0 Å². The average molecular weight is 1120 g/mol. The fourth-order valence-electron chi connectivity index (χ4n) is 10.6. The van der Waals surface area contributed by atoms with E-state index in [1.54, 1.807) is 0 Å². The van der Waals surface area contributed by atoms with Crippen molar-refractivity contribution in [2.24, 2.45) is 11.8 Å². The second-order valence-corrected chi connectivity index (χ2v) is 25.0. The normalized spacial score (nSPS) is 13.8. The molecule has 0 nitrogen and oxygen atoms in total. The summed E-state index contributed by atoms with van der Waals surface area (Å²) in [6, 6.07) is 56.2. The summed E-state index contributed by atoms with van der Waals surface area (Å²) in [6.07, 6.45) is 10.8. The Bertz CT molecular complexity index is 2620. The van der Waals surface area contributed by atoms with Crippen LogP contribution in [0.3, 0.4) is 0 Å². The van der Waals surface area contributed by atoms with Crippen molar-refractivity contribution >= 4 is 53.2 Å². The van der Waals surface area contributed by atoms with Crippen molar-refractivity contribution in [3.8, 4) is 44.5 Å². The molecule has 74 heavy (non-hydrogen) atoms. The molecule has 2 aliphatic carbocycles. The summed E-state index contributed by atoms with van der Waals surface area (Å²) in [5.41, 5.74) is 19.9. The van der Waals surface area contributed by atoms with Crippen LogP contribution >= 0.6 is 24.8 Å². The predicted octanol–water partition coefficient (Wildman–Crippen LogP) is 21.0. The van der Waals surface area contributed by atoms with Crippen molar-refractivity contribution in [3.63, 3.8) is 0 Å². The summed E-state index contributed by atoms with van der Waals surface area (Å²) in [5, 5.41) is 5.59. The number of hydrogen-bond acceptors (Lipinski definition) is 0. The molecule has 2 fully saturated rings. The Kier molecular flexibility index (Phi) is 21.7. The molecule has 0 saturated heterocycles.